The van der Waals surface area contributed by atoms with Crippen LogP contribution in [-0.2, 0) is 4.79 Å². The molecule has 0 saturated carbocycles. The molecule has 0 heterocycles. The van der Waals surface area contributed by atoms with Gasteiger partial charge in [0.15, 0.2) is 0 Å². The van der Waals surface area contributed by atoms with Crippen LogP contribution in [0.3, 0.4) is 0 Å². The van der Waals surface area contributed by atoms with Crippen molar-refractivity contribution in [3.8, 4) is 5.75 Å². The highest BCUT2D eigenvalue weighted by atomic mass is 32.1. The van der Waals surface area contributed by atoms with Crippen molar-refractivity contribution in [2.24, 2.45) is 0 Å². The predicted octanol–water partition coefficient (Wildman–Crippen LogP) is 1.65. The quantitative estimate of drug-likeness (QED) is 0.509. The maximum atomic E-state index is 11.1. The first kappa shape index (κ1) is 9.92. The van der Waals surface area contributed by atoms with Crippen LogP contribution in [0.2, 0.25) is 0 Å². The fourth-order valence-electron chi connectivity index (χ4n) is 0.894. The van der Waals surface area contributed by atoms with Crippen LogP contribution in [0.1, 0.15) is 6.42 Å². The Bertz CT molecular complexity index is 301. The van der Waals surface area contributed by atoms with Gasteiger partial charge in [-0.15, -0.1) is 0 Å². The summed E-state index contributed by atoms with van der Waals surface area (Å²) in [6, 6.07) is 6.61. The van der Waals surface area contributed by atoms with Gasteiger partial charge >= 0.3 is 0 Å². The first-order chi connectivity index (χ1) is 6.24. The molecule has 1 aromatic carbocycles. The minimum Gasteiger partial charge on any atom is -0.506 e. The van der Waals surface area contributed by atoms with Gasteiger partial charge in [0.2, 0.25) is 5.91 Å². The molecule has 0 radical (unpaired) electrons. The Balaban J connectivity index is 2.63. The number of benzene rings is 1. The molecule has 2 N–H and O–H groups in total. The molecule has 0 aliphatic heterocycles. The molecule has 0 saturated heterocycles. The Kier molecular flexibility index (Phi) is 3.64. The highest BCUT2D eigenvalue weighted by Gasteiger charge is 2.03. The van der Waals surface area contributed by atoms with Crippen molar-refractivity contribution in [1.82, 2.24) is 0 Å². The number of para-hydroxylation sites is 2. The fraction of sp³-hybridized carbons (Fsp3) is 0.222. The molecule has 1 rings (SSSR count). The summed E-state index contributed by atoms with van der Waals surface area (Å²) in [5.41, 5.74) is 0.439. The minimum absolute atomic E-state index is 0.0787. The number of hydrogen-bond donors (Lipinski definition) is 3. The molecule has 0 unspecified atom stereocenters. The largest absolute Gasteiger partial charge is 0.506 e. The normalized spacial score (nSPS) is 9.62. The molecule has 0 fully saturated rings. The molecular weight excluding hydrogens is 186 g/mol. The summed E-state index contributed by atoms with van der Waals surface area (Å²) in [5.74, 6) is 0.436. The second kappa shape index (κ2) is 4.77. The van der Waals surface area contributed by atoms with E-state index in [1.165, 1.54) is 6.07 Å². The van der Waals surface area contributed by atoms with E-state index in [-0.39, 0.29) is 11.7 Å². The Labute approximate surface area is 82.2 Å². The van der Waals surface area contributed by atoms with Crippen molar-refractivity contribution in [1.29, 1.82) is 0 Å². The Morgan fingerprint density at radius 2 is 2.15 bits per heavy atom. The zero-order valence-electron chi connectivity index (χ0n) is 7.03. The molecule has 70 valence electrons. The van der Waals surface area contributed by atoms with Crippen LogP contribution in [0.15, 0.2) is 24.3 Å². The third-order valence-electron chi connectivity index (χ3n) is 1.52. The SMILES string of the molecule is O=C(CCS)Nc1ccccc1O. The molecule has 0 aliphatic rings. The van der Waals surface area contributed by atoms with Crippen molar-refractivity contribution in [2.75, 3.05) is 11.1 Å². The molecule has 0 aromatic heterocycles. The summed E-state index contributed by atoms with van der Waals surface area (Å²) in [5, 5.41) is 11.9. The Morgan fingerprint density at radius 1 is 1.46 bits per heavy atom. The van der Waals surface area contributed by atoms with Gasteiger partial charge in [0.1, 0.15) is 5.75 Å². The van der Waals surface area contributed by atoms with E-state index in [0.717, 1.165) is 0 Å². The number of hydrogen-bond acceptors (Lipinski definition) is 3. The smallest absolute Gasteiger partial charge is 0.225 e. The number of rotatable bonds is 3. The topological polar surface area (TPSA) is 49.3 Å². The van der Waals surface area contributed by atoms with E-state index in [1.807, 2.05) is 0 Å². The van der Waals surface area contributed by atoms with E-state index in [2.05, 4.69) is 17.9 Å². The molecule has 1 aromatic rings. The summed E-state index contributed by atoms with van der Waals surface area (Å²) in [6.07, 6.45) is 0.345. The fourth-order valence-corrected chi connectivity index (χ4v) is 1.10. The van der Waals surface area contributed by atoms with Crippen molar-refractivity contribution in [3.05, 3.63) is 24.3 Å². The number of amides is 1. The molecule has 0 aliphatic carbocycles. The highest BCUT2D eigenvalue weighted by molar-refractivity contribution is 7.80. The number of carbonyl (C=O) groups is 1. The second-order valence-electron chi connectivity index (χ2n) is 2.54. The summed E-state index contributed by atoms with van der Waals surface area (Å²) in [4.78, 5) is 11.1. The number of thiol groups is 1. The van der Waals surface area contributed by atoms with E-state index in [1.54, 1.807) is 18.2 Å². The standard InChI is InChI=1S/C9H11NO2S/c11-8-4-2-1-3-7(8)10-9(12)5-6-13/h1-4,11,13H,5-6H2,(H,10,12). The average molecular weight is 197 g/mol. The monoisotopic (exact) mass is 197 g/mol. The maximum absolute atomic E-state index is 11.1. The van der Waals surface area contributed by atoms with Crippen LogP contribution in [0.4, 0.5) is 5.69 Å². The first-order valence-electron chi connectivity index (χ1n) is 3.92. The van der Waals surface area contributed by atoms with E-state index >= 15 is 0 Å². The highest BCUT2D eigenvalue weighted by Crippen LogP contribution is 2.21. The van der Waals surface area contributed by atoms with E-state index in [9.17, 15) is 9.90 Å². The lowest BCUT2D eigenvalue weighted by atomic mass is 10.3. The van der Waals surface area contributed by atoms with Gasteiger partial charge in [-0.2, -0.15) is 12.6 Å². The molecule has 0 spiro atoms. The zero-order valence-corrected chi connectivity index (χ0v) is 7.92. The van der Waals surface area contributed by atoms with Crippen molar-refractivity contribution in [2.45, 2.75) is 6.42 Å². The Hall–Kier alpha value is -1.16. The van der Waals surface area contributed by atoms with Crippen LogP contribution in [0, 0.1) is 0 Å². The zero-order chi connectivity index (χ0) is 9.68. The van der Waals surface area contributed by atoms with E-state index in [4.69, 9.17) is 0 Å². The number of anilines is 1. The summed E-state index contributed by atoms with van der Waals surface area (Å²) in [6.45, 7) is 0. The number of aromatic hydroxyl groups is 1. The second-order valence-corrected chi connectivity index (χ2v) is 2.99. The van der Waals surface area contributed by atoms with Gasteiger partial charge in [-0.05, 0) is 17.9 Å². The Morgan fingerprint density at radius 3 is 2.77 bits per heavy atom. The summed E-state index contributed by atoms with van der Waals surface area (Å²) in [7, 11) is 0. The molecule has 0 atom stereocenters. The van der Waals surface area contributed by atoms with Crippen LogP contribution < -0.4 is 5.32 Å². The van der Waals surface area contributed by atoms with Gasteiger partial charge in [0, 0.05) is 6.42 Å². The van der Waals surface area contributed by atoms with Gasteiger partial charge in [0.25, 0.3) is 0 Å². The van der Waals surface area contributed by atoms with Gasteiger partial charge in [-0.1, -0.05) is 12.1 Å². The molecule has 0 bridgehead atoms. The van der Waals surface area contributed by atoms with Crippen LogP contribution >= 0.6 is 12.6 Å². The molecule has 4 heteroatoms. The number of phenols is 1. The van der Waals surface area contributed by atoms with E-state index < -0.39 is 0 Å². The summed E-state index contributed by atoms with van der Waals surface area (Å²) < 4.78 is 0. The lowest BCUT2D eigenvalue weighted by molar-refractivity contribution is -0.115. The predicted molar refractivity (Wildman–Crippen MR) is 55.2 cm³/mol. The van der Waals surface area contributed by atoms with Crippen molar-refractivity contribution >= 4 is 24.2 Å². The third kappa shape index (κ3) is 2.99. The maximum Gasteiger partial charge on any atom is 0.225 e. The van der Waals surface area contributed by atoms with Crippen molar-refractivity contribution < 1.29 is 9.90 Å². The van der Waals surface area contributed by atoms with Gasteiger partial charge in [0.05, 0.1) is 5.69 Å². The third-order valence-corrected chi connectivity index (χ3v) is 1.74. The lowest BCUT2D eigenvalue weighted by Gasteiger charge is -2.05. The van der Waals surface area contributed by atoms with E-state index in [0.29, 0.717) is 17.9 Å². The van der Waals surface area contributed by atoms with Crippen LogP contribution in [0.25, 0.3) is 0 Å². The number of nitrogens with one attached hydrogen (secondary N) is 1. The summed E-state index contributed by atoms with van der Waals surface area (Å²) >= 11 is 3.93. The lowest BCUT2D eigenvalue weighted by Crippen LogP contribution is -2.11. The van der Waals surface area contributed by atoms with Gasteiger partial charge < -0.3 is 10.4 Å². The molecular formula is C9H11NO2S. The molecule has 3 nitrogen and oxygen atoms in total. The average Bonchev–Trinajstić information content (AvgIpc) is 2.09. The molecule has 13 heavy (non-hydrogen) atoms. The van der Waals surface area contributed by atoms with Crippen LogP contribution in [-0.4, -0.2) is 16.8 Å². The van der Waals surface area contributed by atoms with Gasteiger partial charge in [-0.25, -0.2) is 0 Å². The van der Waals surface area contributed by atoms with Gasteiger partial charge in [-0.3, -0.25) is 4.79 Å². The number of phenolic OH excluding ortho intramolecular Hbond substituents is 1. The molecule has 1 amide bonds. The first-order valence-corrected chi connectivity index (χ1v) is 4.56. The van der Waals surface area contributed by atoms with Crippen molar-refractivity contribution in [3.63, 3.8) is 0 Å². The number of carbonyl (C=O) groups excluding carboxylic acids is 1. The van der Waals surface area contributed by atoms with Crippen LogP contribution in [0.5, 0.6) is 5.75 Å². The minimum atomic E-state index is -0.142.